The molecule has 0 aliphatic heterocycles. The maximum Gasteiger partial charge on any atom is 0.300 e. The number of halogens is 1. The number of anilines is 1. The summed E-state index contributed by atoms with van der Waals surface area (Å²) in [6.07, 6.45) is 0. The SMILES string of the molecule is COc1ccccc1Oc1nnc(S(=O)(=O)Cc2ccc(C(=O)Nc3ccc(F)cc3)cc2)s1. The maximum atomic E-state index is 13.0. The molecule has 1 amide bonds. The fraction of sp³-hybridized carbons (Fsp3) is 0.0870. The molecule has 0 atom stereocenters. The number of aromatic nitrogens is 2. The number of amides is 1. The number of nitrogens with zero attached hydrogens (tertiary/aromatic N) is 2. The lowest BCUT2D eigenvalue weighted by Gasteiger charge is -2.07. The molecule has 0 radical (unpaired) electrons. The van der Waals surface area contributed by atoms with Crippen LogP contribution in [0, 0.1) is 5.82 Å². The molecule has 11 heteroatoms. The zero-order valence-corrected chi connectivity index (χ0v) is 19.4. The Morgan fingerprint density at radius 1 is 0.971 bits per heavy atom. The molecule has 1 N–H and O–H groups in total. The highest BCUT2D eigenvalue weighted by molar-refractivity contribution is 7.92. The predicted molar refractivity (Wildman–Crippen MR) is 125 cm³/mol. The lowest BCUT2D eigenvalue weighted by atomic mass is 10.1. The summed E-state index contributed by atoms with van der Waals surface area (Å²) in [4.78, 5) is 12.4. The summed E-state index contributed by atoms with van der Waals surface area (Å²) in [7, 11) is -2.29. The summed E-state index contributed by atoms with van der Waals surface area (Å²) in [5.74, 6) is -0.262. The first-order valence-electron chi connectivity index (χ1n) is 9.87. The van der Waals surface area contributed by atoms with Gasteiger partial charge >= 0.3 is 5.19 Å². The van der Waals surface area contributed by atoms with Crippen molar-refractivity contribution in [3.05, 3.63) is 89.7 Å². The Kier molecular flexibility index (Phi) is 6.85. The normalized spacial score (nSPS) is 11.1. The van der Waals surface area contributed by atoms with E-state index >= 15 is 0 Å². The fourth-order valence-corrected chi connectivity index (χ4v) is 5.19. The summed E-state index contributed by atoms with van der Waals surface area (Å²) in [6.45, 7) is 0. The Bertz CT molecular complexity index is 1410. The number of carbonyl (C=O) groups excluding carboxylic acids is 1. The van der Waals surface area contributed by atoms with Crippen LogP contribution >= 0.6 is 11.3 Å². The van der Waals surface area contributed by atoms with Crippen molar-refractivity contribution in [3.63, 3.8) is 0 Å². The molecule has 0 spiro atoms. The highest BCUT2D eigenvalue weighted by atomic mass is 32.2. The van der Waals surface area contributed by atoms with Gasteiger partial charge in [-0.25, -0.2) is 12.8 Å². The quantitative estimate of drug-likeness (QED) is 0.374. The predicted octanol–water partition coefficient (Wildman–Crippen LogP) is 4.70. The van der Waals surface area contributed by atoms with Crippen molar-refractivity contribution in [1.29, 1.82) is 0 Å². The Labute approximate surface area is 198 Å². The topological polar surface area (TPSA) is 107 Å². The lowest BCUT2D eigenvalue weighted by molar-refractivity contribution is 0.102. The van der Waals surface area contributed by atoms with E-state index in [1.807, 2.05) is 0 Å². The highest BCUT2D eigenvalue weighted by Crippen LogP contribution is 2.34. The van der Waals surface area contributed by atoms with E-state index in [1.165, 1.54) is 43.5 Å². The first kappa shape index (κ1) is 23.3. The van der Waals surface area contributed by atoms with Gasteiger partial charge in [0.15, 0.2) is 11.5 Å². The summed E-state index contributed by atoms with van der Waals surface area (Å²) in [6, 6.07) is 18.4. The smallest absolute Gasteiger partial charge is 0.300 e. The third-order valence-corrected chi connectivity index (χ3v) is 7.53. The number of methoxy groups -OCH3 is 1. The number of hydrogen-bond acceptors (Lipinski definition) is 8. The maximum absolute atomic E-state index is 13.0. The molecule has 0 aliphatic rings. The van der Waals surface area contributed by atoms with Crippen LogP contribution in [0.1, 0.15) is 15.9 Å². The van der Waals surface area contributed by atoms with E-state index in [2.05, 4.69) is 15.5 Å². The van der Waals surface area contributed by atoms with Gasteiger partial charge < -0.3 is 14.8 Å². The Morgan fingerprint density at radius 2 is 1.65 bits per heavy atom. The van der Waals surface area contributed by atoms with E-state index < -0.39 is 21.6 Å². The van der Waals surface area contributed by atoms with Gasteiger partial charge in [0.05, 0.1) is 12.9 Å². The molecule has 0 unspecified atom stereocenters. The van der Waals surface area contributed by atoms with Crippen LogP contribution in [0.15, 0.2) is 77.1 Å². The summed E-state index contributed by atoms with van der Waals surface area (Å²) in [5.41, 5.74) is 1.25. The van der Waals surface area contributed by atoms with Crippen LogP contribution in [0.3, 0.4) is 0 Å². The van der Waals surface area contributed by atoms with E-state index in [1.54, 1.807) is 36.4 Å². The van der Waals surface area contributed by atoms with Crippen molar-refractivity contribution in [3.8, 4) is 16.7 Å². The molecule has 0 bridgehead atoms. The van der Waals surface area contributed by atoms with Gasteiger partial charge in [0.25, 0.3) is 5.91 Å². The summed E-state index contributed by atoms with van der Waals surface area (Å²) >= 11 is 0.805. The van der Waals surface area contributed by atoms with E-state index in [0.717, 1.165) is 11.3 Å². The molecule has 174 valence electrons. The van der Waals surface area contributed by atoms with Crippen molar-refractivity contribution < 1.29 is 27.1 Å². The molecule has 1 heterocycles. The first-order valence-corrected chi connectivity index (χ1v) is 12.3. The molecule has 0 saturated heterocycles. The van der Waals surface area contributed by atoms with E-state index in [9.17, 15) is 17.6 Å². The number of sulfone groups is 1. The lowest BCUT2D eigenvalue weighted by Crippen LogP contribution is -2.12. The van der Waals surface area contributed by atoms with Crippen LogP contribution in [0.4, 0.5) is 10.1 Å². The Morgan fingerprint density at radius 3 is 2.32 bits per heavy atom. The third-order valence-electron chi connectivity index (χ3n) is 4.60. The van der Waals surface area contributed by atoms with Crippen molar-refractivity contribution >= 4 is 32.8 Å². The minimum absolute atomic E-state index is 0.0656. The monoisotopic (exact) mass is 499 g/mol. The molecule has 34 heavy (non-hydrogen) atoms. The second-order valence-electron chi connectivity index (χ2n) is 7.00. The zero-order valence-electron chi connectivity index (χ0n) is 17.8. The Balaban J connectivity index is 1.42. The van der Waals surface area contributed by atoms with Crippen molar-refractivity contribution in [2.75, 3.05) is 12.4 Å². The van der Waals surface area contributed by atoms with Crippen LogP contribution in [-0.2, 0) is 15.6 Å². The summed E-state index contributed by atoms with van der Waals surface area (Å²) < 4.78 is 49.2. The van der Waals surface area contributed by atoms with Crippen molar-refractivity contribution in [2.45, 2.75) is 10.1 Å². The molecule has 4 rings (SSSR count). The fourth-order valence-electron chi connectivity index (χ4n) is 2.93. The van der Waals surface area contributed by atoms with Crippen LogP contribution < -0.4 is 14.8 Å². The minimum Gasteiger partial charge on any atom is -0.493 e. The van der Waals surface area contributed by atoms with Gasteiger partial charge in [-0.3, -0.25) is 4.79 Å². The standard InChI is InChI=1S/C23H18FN3O5S2/c1-31-19-4-2-3-5-20(19)32-22-26-27-23(33-22)34(29,30)14-15-6-8-16(9-7-15)21(28)25-18-12-10-17(24)11-13-18/h2-13H,14H2,1H3,(H,25,28). The third kappa shape index (κ3) is 5.56. The van der Waals surface area contributed by atoms with Gasteiger partial charge in [0, 0.05) is 11.3 Å². The molecule has 1 aromatic heterocycles. The van der Waals surface area contributed by atoms with Crippen LogP contribution in [0.2, 0.25) is 0 Å². The van der Waals surface area contributed by atoms with Gasteiger partial charge in [-0.05, 0) is 65.4 Å². The number of nitrogens with one attached hydrogen (secondary N) is 1. The molecule has 8 nitrogen and oxygen atoms in total. The average molecular weight is 500 g/mol. The number of hydrogen-bond donors (Lipinski definition) is 1. The van der Waals surface area contributed by atoms with E-state index in [4.69, 9.17) is 9.47 Å². The molecular formula is C23H18FN3O5S2. The molecule has 3 aromatic carbocycles. The van der Waals surface area contributed by atoms with E-state index in [0.29, 0.717) is 28.3 Å². The van der Waals surface area contributed by atoms with Crippen LogP contribution in [0.5, 0.6) is 16.7 Å². The molecule has 0 fully saturated rings. The van der Waals surface area contributed by atoms with Gasteiger partial charge in [0.1, 0.15) is 5.82 Å². The number of carbonyl (C=O) groups is 1. The number of para-hydroxylation sites is 2. The second kappa shape index (κ2) is 9.98. The summed E-state index contributed by atoms with van der Waals surface area (Å²) in [5, 5.41) is 10.3. The number of ether oxygens (including phenoxy) is 2. The van der Waals surface area contributed by atoms with Gasteiger partial charge in [-0.1, -0.05) is 29.4 Å². The van der Waals surface area contributed by atoms with Crippen molar-refractivity contribution in [2.24, 2.45) is 0 Å². The van der Waals surface area contributed by atoms with Crippen LogP contribution in [0.25, 0.3) is 0 Å². The molecule has 0 aliphatic carbocycles. The minimum atomic E-state index is -3.79. The van der Waals surface area contributed by atoms with Crippen molar-refractivity contribution in [1.82, 2.24) is 10.2 Å². The second-order valence-corrected chi connectivity index (χ2v) is 10.1. The zero-order chi connectivity index (χ0) is 24.1. The highest BCUT2D eigenvalue weighted by Gasteiger charge is 2.22. The largest absolute Gasteiger partial charge is 0.493 e. The van der Waals surface area contributed by atoms with Crippen LogP contribution in [-0.4, -0.2) is 31.6 Å². The molecular weight excluding hydrogens is 481 g/mol. The van der Waals surface area contributed by atoms with E-state index in [-0.39, 0.29) is 15.3 Å². The van der Waals surface area contributed by atoms with Gasteiger partial charge in [-0.15, -0.1) is 5.10 Å². The Hall–Kier alpha value is -3.83. The molecule has 0 saturated carbocycles. The average Bonchev–Trinajstić information content (AvgIpc) is 3.31. The van der Waals surface area contributed by atoms with Gasteiger partial charge in [0.2, 0.25) is 14.2 Å². The number of rotatable bonds is 8. The van der Waals surface area contributed by atoms with Gasteiger partial charge in [-0.2, -0.15) is 0 Å². The first-order chi connectivity index (χ1) is 16.3. The number of benzene rings is 3. The molecule has 4 aromatic rings.